The second kappa shape index (κ2) is 5.89. The Kier molecular flexibility index (Phi) is 4.79. The maximum absolute atomic E-state index is 6.18. The number of benzene rings is 1. The van der Waals surface area contributed by atoms with E-state index in [2.05, 4.69) is 38.1 Å². The molecular weight excluding hydrogens is 184 g/mol. The lowest BCUT2D eigenvalue weighted by Gasteiger charge is -2.26. The lowest BCUT2D eigenvalue weighted by atomic mass is 9.86. The van der Waals surface area contributed by atoms with E-state index < -0.39 is 0 Å². The molecule has 1 aromatic carbocycles. The Morgan fingerprint density at radius 1 is 1.13 bits per heavy atom. The van der Waals surface area contributed by atoms with Gasteiger partial charge in [0.15, 0.2) is 0 Å². The fourth-order valence-corrected chi connectivity index (χ4v) is 1.98. The van der Waals surface area contributed by atoms with Crippen molar-refractivity contribution in [2.75, 3.05) is 6.54 Å². The standard InChI is InChI=1S/C13H22N2/c1-10(2)12(9-14)13(15)8-11-6-4-3-5-7-11/h3-7,10,12-13H,8-9,14-15H2,1-2H3. The van der Waals surface area contributed by atoms with Gasteiger partial charge in [-0.2, -0.15) is 0 Å². The molecule has 0 spiro atoms. The van der Waals surface area contributed by atoms with E-state index in [1.807, 2.05) is 6.07 Å². The molecule has 0 aliphatic carbocycles. The predicted molar refractivity (Wildman–Crippen MR) is 65.5 cm³/mol. The first kappa shape index (κ1) is 12.2. The van der Waals surface area contributed by atoms with Crippen LogP contribution in [0.25, 0.3) is 0 Å². The molecule has 0 aromatic heterocycles. The molecule has 4 N–H and O–H groups in total. The van der Waals surface area contributed by atoms with Gasteiger partial charge in [-0.25, -0.2) is 0 Å². The van der Waals surface area contributed by atoms with Crippen molar-refractivity contribution in [1.82, 2.24) is 0 Å². The van der Waals surface area contributed by atoms with Crippen LogP contribution < -0.4 is 11.5 Å². The molecule has 0 aliphatic rings. The Balaban J connectivity index is 2.58. The van der Waals surface area contributed by atoms with Gasteiger partial charge in [0.25, 0.3) is 0 Å². The normalized spacial score (nSPS) is 15.3. The van der Waals surface area contributed by atoms with E-state index in [4.69, 9.17) is 11.5 Å². The molecule has 2 nitrogen and oxygen atoms in total. The Labute approximate surface area is 92.7 Å². The van der Waals surface area contributed by atoms with E-state index in [9.17, 15) is 0 Å². The summed E-state index contributed by atoms with van der Waals surface area (Å²) in [6.45, 7) is 5.04. The zero-order valence-corrected chi connectivity index (χ0v) is 9.69. The van der Waals surface area contributed by atoms with Gasteiger partial charge in [0.1, 0.15) is 0 Å². The van der Waals surface area contributed by atoms with Crippen molar-refractivity contribution in [3.8, 4) is 0 Å². The third-order valence-corrected chi connectivity index (χ3v) is 2.99. The van der Waals surface area contributed by atoms with Crippen molar-refractivity contribution in [2.45, 2.75) is 26.3 Å². The summed E-state index contributed by atoms with van der Waals surface area (Å²) in [4.78, 5) is 0. The van der Waals surface area contributed by atoms with Gasteiger partial charge in [-0.05, 0) is 30.4 Å². The van der Waals surface area contributed by atoms with Crippen LogP contribution in [0.4, 0.5) is 0 Å². The van der Waals surface area contributed by atoms with Crippen LogP contribution in [-0.2, 0) is 6.42 Å². The monoisotopic (exact) mass is 206 g/mol. The first-order valence-corrected chi connectivity index (χ1v) is 5.64. The summed E-state index contributed by atoms with van der Waals surface area (Å²) in [5.74, 6) is 0.957. The second-order valence-corrected chi connectivity index (χ2v) is 4.50. The Morgan fingerprint density at radius 2 is 1.73 bits per heavy atom. The van der Waals surface area contributed by atoms with Gasteiger partial charge in [-0.3, -0.25) is 0 Å². The third-order valence-electron chi connectivity index (χ3n) is 2.99. The Bertz CT molecular complexity index is 269. The van der Waals surface area contributed by atoms with Crippen molar-refractivity contribution in [2.24, 2.45) is 23.3 Å². The molecule has 0 saturated heterocycles. The molecule has 84 valence electrons. The van der Waals surface area contributed by atoms with Crippen LogP contribution in [0, 0.1) is 11.8 Å². The van der Waals surface area contributed by atoms with Crippen LogP contribution in [0.15, 0.2) is 30.3 Å². The topological polar surface area (TPSA) is 52.0 Å². The molecule has 2 unspecified atom stereocenters. The minimum Gasteiger partial charge on any atom is -0.330 e. The summed E-state index contributed by atoms with van der Waals surface area (Å²) in [5, 5.41) is 0. The van der Waals surface area contributed by atoms with E-state index in [0.717, 1.165) is 6.42 Å². The highest BCUT2D eigenvalue weighted by atomic mass is 14.7. The highest BCUT2D eigenvalue weighted by Gasteiger charge is 2.19. The Hall–Kier alpha value is -0.860. The fraction of sp³-hybridized carbons (Fsp3) is 0.538. The maximum Gasteiger partial charge on any atom is 0.0122 e. The maximum atomic E-state index is 6.18. The van der Waals surface area contributed by atoms with Crippen LogP contribution >= 0.6 is 0 Å². The van der Waals surface area contributed by atoms with Crippen LogP contribution in [-0.4, -0.2) is 12.6 Å². The summed E-state index contributed by atoms with van der Waals surface area (Å²) in [6.07, 6.45) is 0.918. The van der Waals surface area contributed by atoms with E-state index >= 15 is 0 Å². The molecule has 0 bridgehead atoms. The summed E-state index contributed by atoms with van der Waals surface area (Å²) in [5.41, 5.74) is 13.2. The molecule has 0 saturated carbocycles. The van der Waals surface area contributed by atoms with Crippen molar-refractivity contribution >= 4 is 0 Å². The molecule has 0 amide bonds. The lowest BCUT2D eigenvalue weighted by Crippen LogP contribution is -2.39. The van der Waals surface area contributed by atoms with Crippen LogP contribution in [0.5, 0.6) is 0 Å². The molecule has 0 fully saturated rings. The quantitative estimate of drug-likeness (QED) is 0.771. The fourth-order valence-electron chi connectivity index (χ4n) is 1.98. The number of nitrogens with two attached hydrogens (primary N) is 2. The summed E-state index contributed by atoms with van der Waals surface area (Å²) >= 11 is 0. The molecule has 15 heavy (non-hydrogen) atoms. The summed E-state index contributed by atoms with van der Waals surface area (Å²) < 4.78 is 0. The SMILES string of the molecule is CC(C)C(CN)C(N)Cc1ccccc1. The summed E-state index contributed by atoms with van der Waals surface area (Å²) in [7, 11) is 0. The van der Waals surface area contributed by atoms with Gasteiger partial charge < -0.3 is 11.5 Å². The van der Waals surface area contributed by atoms with Crippen molar-refractivity contribution in [3.63, 3.8) is 0 Å². The molecule has 2 heteroatoms. The zero-order valence-electron chi connectivity index (χ0n) is 9.69. The molecule has 0 heterocycles. The van der Waals surface area contributed by atoms with E-state index in [1.54, 1.807) is 0 Å². The van der Waals surface area contributed by atoms with Crippen molar-refractivity contribution in [3.05, 3.63) is 35.9 Å². The highest BCUT2D eigenvalue weighted by molar-refractivity contribution is 5.16. The van der Waals surface area contributed by atoms with E-state index in [0.29, 0.717) is 18.4 Å². The third kappa shape index (κ3) is 3.65. The van der Waals surface area contributed by atoms with Crippen molar-refractivity contribution in [1.29, 1.82) is 0 Å². The van der Waals surface area contributed by atoms with Gasteiger partial charge in [-0.1, -0.05) is 44.2 Å². The predicted octanol–water partition coefficient (Wildman–Crippen LogP) is 1.79. The largest absolute Gasteiger partial charge is 0.330 e. The van der Waals surface area contributed by atoms with Crippen molar-refractivity contribution < 1.29 is 0 Å². The Morgan fingerprint density at radius 3 is 2.20 bits per heavy atom. The molecule has 2 atom stereocenters. The van der Waals surface area contributed by atoms with Gasteiger partial charge in [-0.15, -0.1) is 0 Å². The van der Waals surface area contributed by atoms with E-state index in [-0.39, 0.29) is 6.04 Å². The summed E-state index contributed by atoms with van der Waals surface area (Å²) in [6, 6.07) is 10.5. The molecule has 0 aliphatic heterocycles. The molecule has 1 rings (SSSR count). The van der Waals surface area contributed by atoms with E-state index in [1.165, 1.54) is 5.56 Å². The van der Waals surface area contributed by atoms with Gasteiger partial charge in [0, 0.05) is 6.04 Å². The smallest absolute Gasteiger partial charge is 0.0122 e. The first-order chi connectivity index (χ1) is 7.15. The average molecular weight is 206 g/mol. The lowest BCUT2D eigenvalue weighted by molar-refractivity contribution is 0.324. The zero-order chi connectivity index (χ0) is 11.3. The second-order valence-electron chi connectivity index (χ2n) is 4.50. The minimum atomic E-state index is 0.164. The molecule has 1 aromatic rings. The van der Waals surface area contributed by atoms with Gasteiger partial charge in [0.05, 0.1) is 0 Å². The van der Waals surface area contributed by atoms with Gasteiger partial charge >= 0.3 is 0 Å². The number of hydrogen-bond acceptors (Lipinski definition) is 2. The molecular formula is C13H22N2. The number of hydrogen-bond donors (Lipinski definition) is 2. The average Bonchev–Trinajstić information content (AvgIpc) is 2.19. The van der Waals surface area contributed by atoms with Crippen LogP contribution in [0.3, 0.4) is 0 Å². The number of rotatable bonds is 5. The molecule has 0 radical (unpaired) electrons. The van der Waals surface area contributed by atoms with Gasteiger partial charge in [0.2, 0.25) is 0 Å². The highest BCUT2D eigenvalue weighted by Crippen LogP contribution is 2.16. The van der Waals surface area contributed by atoms with Crippen LogP contribution in [0.2, 0.25) is 0 Å². The minimum absolute atomic E-state index is 0.164. The first-order valence-electron chi connectivity index (χ1n) is 5.64. The van der Waals surface area contributed by atoms with Crippen LogP contribution in [0.1, 0.15) is 19.4 Å².